The van der Waals surface area contributed by atoms with E-state index in [0.29, 0.717) is 11.3 Å². The van der Waals surface area contributed by atoms with E-state index in [0.717, 1.165) is 5.56 Å². The number of ether oxygens (including phenoxy) is 1. The maximum atomic E-state index is 12.9. The van der Waals surface area contributed by atoms with Gasteiger partial charge in [-0.1, -0.05) is 12.1 Å². The van der Waals surface area contributed by atoms with Gasteiger partial charge in [0.2, 0.25) is 0 Å². The van der Waals surface area contributed by atoms with E-state index in [1.54, 1.807) is 43.3 Å². The summed E-state index contributed by atoms with van der Waals surface area (Å²) in [4.78, 5) is 12.2. The van der Waals surface area contributed by atoms with Crippen molar-refractivity contribution >= 4 is 5.91 Å². The van der Waals surface area contributed by atoms with Crippen LogP contribution in [0, 0.1) is 17.1 Å². The molecule has 0 spiro atoms. The Morgan fingerprint density at radius 1 is 1.13 bits per heavy atom. The topological polar surface area (TPSA) is 62.1 Å². The minimum Gasteiger partial charge on any atom is -0.481 e. The Morgan fingerprint density at radius 3 is 2.30 bits per heavy atom. The number of benzene rings is 2. The lowest BCUT2D eigenvalue weighted by atomic mass is 10.1. The average Bonchev–Trinajstić information content (AvgIpc) is 2.56. The number of carbonyl (C=O) groups excluding carboxylic acids is 1. The van der Waals surface area contributed by atoms with Gasteiger partial charge in [0.15, 0.2) is 6.10 Å². The first-order valence-electron chi connectivity index (χ1n) is 7.22. The van der Waals surface area contributed by atoms with Crippen molar-refractivity contribution in [2.24, 2.45) is 0 Å². The Bertz CT molecular complexity index is 705. The zero-order valence-corrected chi connectivity index (χ0v) is 12.9. The zero-order valence-electron chi connectivity index (χ0n) is 12.9. The number of nitriles is 1. The first-order valence-corrected chi connectivity index (χ1v) is 7.22. The Morgan fingerprint density at radius 2 is 1.74 bits per heavy atom. The molecule has 0 bridgehead atoms. The zero-order chi connectivity index (χ0) is 16.8. The molecule has 118 valence electrons. The molecule has 23 heavy (non-hydrogen) atoms. The van der Waals surface area contributed by atoms with Crippen molar-refractivity contribution in [1.29, 1.82) is 5.26 Å². The summed E-state index contributed by atoms with van der Waals surface area (Å²) < 4.78 is 18.5. The largest absolute Gasteiger partial charge is 0.481 e. The van der Waals surface area contributed by atoms with Gasteiger partial charge >= 0.3 is 0 Å². The summed E-state index contributed by atoms with van der Waals surface area (Å²) in [7, 11) is 0. The van der Waals surface area contributed by atoms with Crippen LogP contribution >= 0.6 is 0 Å². The van der Waals surface area contributed by atoms with Gasteiger partial charge in [-0.25, -0.2) is 4.39 Å². The predicted molar refractivity (Wildman–Crippen MR) is 84.2 cm³/mol. The van der Waals surface area contributed by atoms with Crippen molar-refractivity contribution in [2.75, 3.05) is 0 Å². The Balaban J connectivity index is 1.93. The second kappa shape index (κ2) is 7.41. The molecule has 2 aromatic carbocycles. The molecule has 2 rings (SSSR count). The molecule has 0 fully saturated rings. The van der Waals surface area contributed by atoms with Crippen LogP contribution in [0.4, 0.5) is 4.39 Å². The van der Waals surface area contributed by atoms with Gasteiger partial charge in [-0.15, -0.1) is 0 Å². The third-order valence-corrected chi connectivity index (χ3v) is 3.39. The Hall–Kier alpha value is -2.87. The highest BCUT2D eigenvalue weighted by molar-refractivity contribution is 5.81. The molecule has 0 aliphatic heterocycles. The molecule has 0 saturated heterocycles. The number of hydrogen-bond donors (Lipinski definition) is 1. The summed E-state index contributed by atoms with van der Waals surface area (Å²) in [5.41, 5.74) is 1.34. The predicted octanol–water partition coefficient (Wildman–Crippen LogP) is 3.34. The van der Waals surface area contributed by atoms with E-state index in [-0.39, 0.29) is 17.8 Å². The van der Waals surface area contributed by atoms with E-state index in [1.807, 2.05) is 13.0 Å². The second-order valence-corrected chi connectivity index (χ2v) is 5.18. The number of rotatable bonds is 5. The van der Waals surface area contributed by atoms with Crippen LogP contribution in [0.2, 0.25) is 0 Å². The molecule has 0 aromatic heterocycles. The van der Waals surface area contributed by atoms with E-state index < -0.39 is 6.10 Å². The van der Waals surface area contributed by atoms with E-state index in [2.05, 4.69) is 5.32 Å². The van der Waals surface area contributed by atoms with Crippen LogP contribution in [0.3, 0.4) is 0 Å². The van der Waals surface area contributed by atoms with Crippen molar-refractivity contribution in [3.8, 4) is 11.8 Å². The molecule has 0 radical (unpaired) electrons. The Kier molecular flexibility index (Phi) is 5.32. The Labute approximate surface area is 134 Å². The molecule has 0 aliphatic rings. The maximum absolute atomic E-state index is 12.9. The van der Waals surface area contributed by atoms with Gasteiger partial charge in [0.25, 0.3) is 5.91 Å². The fraction of sp³-hybridized carbons (Fsp3) is 0.222. The number of nitrogens with one attached hydrogen (secondary N) is 1. The van der Waals surface area contributed by atoms with E-state index >= 15 is 0 Å². The lowest BCUT2D eigenvalue weighted by Gasteiger charge is -2.19. The summed E-state index contributed by atoms with van der Waals surface area (Å²) in [6, 6.07) is 14.3. The highest BCUT2D eigenvalue weighted by atomic mass is 19.1. The van der Waals surface area contributed by atoms with Gasteiger partial charge in [-0.05, 0) is 55.8 Å². The summed E-state index contributed by atoms with van der Waals surface area (Å²) in [6.45, 7) is 3.46. The molecule has 1 amide bonds. The van der Waals surface area contributed by atoms with Crippen LogP contribution in [0.25, 0.3) is 0 Å². The monoisotopic (exact) mass is 312 g/mol. The summed E-state index contributed by atoms with van der Waals surface area (Å²) in [5, 5.41) is 11.6. The molecule has 1 N–H and O–H groups in total. The second-order valence-electron chi connectivity index (χ2n) is 5.18. The third-order valence-electron chi connectivity index (χ3n) is 3.39. The fourth-order valence-electron chi connectivity index (χ4n) is 2.03. The quantitative estimate of drug-likeness (QED) is 0.921. The van der Waals surface area contributed by atoms with E-state index in [9.17, 15) is 9.18 Å². The van der Waals surface area contributed by atoms with E-state index in [1.165, 1.54) is 12.1 Å². The van der Waals surface area contributed by atoms with Crippen molar-refractivity contribution < 1.29 is 13.9 Å². The molecule has 2 aromatic rings. The minimum atomic E-state index is -0.689. The van der Waals surface area contributed by atoms with Crippen molar-refractivity contribution in [2.45, 2.75) is 26.0 Å². The minimum absolute atomic E-state index is 0.255. The molecular formula is C18H17FN2O2. The number of amides is 1. The summed E-state index contributed by atoms with van der Waals surface area (Å²) in [6.07, 6.45) is -0.689. The normalized spacial score (nSPS) is 12.8. The SMILES string of the molecule is C[C@@H](Oc1ccc(C#N)cc1)C(=O)N[C@H](C)c1ccc(F)cc1. The number of carbonyl (C=O) groups is 1. The first-order chi connectivity index (χ1) is 11.0. The molecule has 0 aliphatic carbocycles. The number of nitrogens with zero attached hydrogens (tertiary/aromatic N) is 1. The average molecular weight is 312 g/mol. The highest BCUT2D eigenvalue weighted by Gasteiger charge is 2.17. The molecule has 0 saturated carbocycles. The van der Waals surface area contributed by atoms with Gasteiger partial charge in [0.05, 0.1) is 17.7 Å². The van der Waals surface area contributed by atoms with Gasteiger partial charge in [-0.3, -0.25) is 4.79 Å². The van der Waals surface area contributed by atoms with Gasteiger partial charge in [0.1, 0.15) is 11.6 Å². The molecular weight excluding hydrogens is 295 g/mol. The third kappa shape index (κ3) is 4.55. The molecule has 2 atom stereocenters. The first kappa shape index (κ1) is 16.5. The lowest BCUT2D eigenvalue weighted by molar-refractivity contribution is -0.127. The van der Waals surface area contributed by atoms with Gasteiger partial charge < -0.3 is 10.1 Å². The maximum Gasteiger partial charge on any atom is 0.261 e. The van der Waals surface area contributed by atoms with Gasteiger partial charge in [0, 0.05) is 0 Å². The smallest absolute Gasteiger partial charge is 0.261 e. The van der Waals surface area contributed by atoms with Crippen LogP contribution in [0.5, 0.6) is 5.75 Å². The molecule has 0 unspecified atom stereocenters. The standard InChI is InChI=1S/C18H17FN2O2/c1-12(15-5-7-16(19)8-6-15)21-18(22)13(2)23-17-9-3-14(11-20)4-10-17/h3-10,12-13H,1-2H3,(H,21,22)/t12-,13-/m1/s1. The summed E-state index contributed by atoms with van der Waals surface area (Å²) in [5.74, 6) is -0.0722. The lowest BCUT2D eigenvalue weighted by Crippen LogP contribution is -2.37. The van der Waals surface area contributed by atoms with Crippen molar-refractivity contribution in [3.05, 3.63) is 65.5 Å². The fourth-order valence-corrected chi connectivity index (χ4v) is 2.03. The highest BCUT2D eigenvalue weighted by Crippen LogP contribution is 2.16. The molecule has 0 heterocycles. The molecule has 5 heteroatoms. The van der Waals surface area contributed by atoms with E-state index in [4.69, 9.17) is 10.00 Å². The van der Waals surface area contributed by atoms with Crippen LogP contribution in [-0.2, 0) is 4.79 Å². The van der Waals surface area contributed by atoms with Crippen LogP contribution < -0.4 is 10.1 Å². The number of halogens is 1. The van der Waals surface area contributed by atoms with Gasteiger partial charge in [-0.2, -0.15) is 5.26 Å². The molecule has 4 nitrogen and oxygen atoms in total. The van der Waals surface area contributed by atoms with Crippen LogP contribution in [0.1, 0.15) is 31.0 Å². The van der Waals surface area contributed by atoms with Crippen molar-refractivity contribution in [1.82, 2.24) is 5.32 Å². The number of hydrogen-bond acceptors (Lipinski definition) is 3. The van der Waals surface area contributed by atoms with Crippen LogP contribution in [0.15, 0.2) is 48.5 Å². The summed E-state index contributed by atoms with van der Waals surface area (Å²) >= 11 is 0. The van der Waals surface area contributed by atoms with Crippen LogP contribution in [-0.4, -0.2) is 12.0 Å². The van der Waals surface area contributed by atoms with Crippen molar-refractivity contribution in [3.63, 3.8) is 0 Å².